The largest absolute Gasteiger partial charge is 0.378 e. The van der Waals surface area contributed by atoms with Crippen molar-refractivity contribution in [2.75, 3.05) is 43.2 Å². The first-order valence-electron chi connectivity index (χ1n) is 8.00. The van der Waals surface area contributed by atoms with Gasteiger partial charge in [0, 0.05) is 37.4 Å². The molecule has 5 heteroatoms. The van der Waals surface area contributed by atoms with Crippen LogP contribution < -0.4 is 9.80 Å². The minimum atomic E-state index is 0.581. The third kappa shape index (κ3) is 3.64. The predicted octanol–water partition coefficient (Wildman–Crippen LogP) is 3.68. The first kappa shape index (κ1) is 16.6. The van der Waals surface area contributed by atoms with E-state index in [1.807, 2.05) is 19.2 Å². The summed E-state index contributed by atoms with van der Waals surface area (Å²) in [7, 11) is 2.00. The smallest absolute Gasteiger partial charge is 0.101 e. The highest BCUT2D eigenvalue weighted by Crippen LogP contribution is 2.27. The van der Waals surface area contributed by atoms with E-state index in [0.717, 1.165) is 38.5 Å². The number of para-hydroxylation sites is 1. The number of ether oxygens (including phenoxy) is 1. The van der Waals surface area contributed by atoms with E-state index in [-0.39, 0.29) is 0 Å². The van der Waals surface area contributed by atoms with Crippen LogP contribution in [0, 0.1) is 11.3 Å². The van der Waals surface area contributed by atoms with E-state index in [1.165, 1.54) is 11.3 Å². The Hall–Kier alpha value is -2.22. The molecule has 3 rings (SSSR count). The molecule has 4 nitrogen and oxygen atoms in total. The molecule has 0 saturated carbocycles. The van der Waals surface area contributed by atoms with Crippen LogP contribution in [0.3, 0.4) is 0 Å². The van der Waals surface area contributed by atoms with E-state index in [1.54, 1.807) is 6.07 Å². The molecule has 0 spiro atoms. The maximum absolute atomic E-state index is 9.36. The fourth-order valence-corrected chi connectivity index (χ4v) is 3.20. The monoisotopic (exact) mass is 341 g/mol. The second-order valence-corrected chi connectivity index (χ2v) is 6.29. The molecule has 0 amide bonds. The van der Waals surface area contributed by atoms with Crippen LogP contribution in [0.2, 0.25) is 5.02 Å². The molecule has 0 aromatic heterocycles. The summed E-state index contributed by atoms with van der Waals surface area (Å²) in [6, 6.07) is 16.1. The van der Waals surface area contributed by atoms with Gasteiger partial charge in [0.15, 0.2) is 0 Å². The fraction of sp³-hybridized carbons (Fsp3) is 0.316. The second-order valence-electron chi connectivity index (χ2n) is 5.86. The predicted molar refractivity (Wildman–Crippen MR) is 97.7 cm³/mol. The Morgan fingerprint density at radius 3 is 2.71 bits per heavy atom. The number of anilines is 2. The quantitative estimate of drug-likeness (QED) is 0.850. The highest BCUT2D eigenvalue weighted by molar-refractivity contribution is 6.30. The molecule has 0 N–H and O–H groups in total. The summed E-state index contributed by atoms with van der Waals surface area (Å²) in [5.74, 6) is 0. The molecule has 0 bridgehead atoms. The van der Waals surface area contributed by atoms with Crippen LogP contribution in [0.5, 0.6) is 0 Å². The lowest BCUT2D eigenvalue weighted by molar-refractivity contribution is 0.122. The van der Waals surface area contributed by atoms with Gasteiger partial charge in [-0.2, -0.15) is 5.26 Å². The number of morpholine rings is 1. The maximum Gasteiger partial charge on any atom is 0.101 e. The number of rotatable bonds is 4. The average molecular weight is 342 g/mol. The van der Waals surface area contributed by atoms with Crippen LogP contribution in [0.4, 0.5) is 11.4 Å². The number of benzene rings is 2. The molecule has 1 fully saturated rings. The van der Waals surface area contributed by atoms with Crippen LogP contribution in [-0.2, 0) is 11.3 Å². The summed E-state index contributed by atoms with van der Waals surface area (Å²) in [5, 5.41) is 9.94. The molecule has 1 heterocycles. The molecule has 0 aliphatic carbocycles. The standard InChI is InChI=1S/C19H20ClN3O/c1-22(18-7-6-17(20)12-16(18)13-21)14-15-4-2-3-5-19(15)23-8-10-24-11-9-23/h2-7,12H,8-11,14H2,1H3. The molecule has 124 valence electrons. The average Bonchev–Trinajstić information content (AvgIpc) is 2.62. The summed E-state index contributed by atoms with van der Waals surface area (Å²) in [6.45, 7) is 4.07. The lowest BCUT2D eigenvalue weighted by atomic mass is 10.1. The van der Waals surface area contributed by atoms with Crippen molar-refractivity contribution in [2.24, 2.45) is 0 Å². The zero-order chi connectivity index (χ0) is 16.9. The van der Waals surface area contributed by atoms with E-state index in [0.29, 0.717) is 10.6 Å². The minimum Gasteiger partial charge on any atom is -0.378 e. The van der Waals surface area contributed by atoms with E-state index in [4.69, 9.17) is 16.3 Å². The third-order valence-corrected chi connectivity index (χ3v) is 4.48. The Labute approximate surface area is 147 Å². The zero-order valence-corrected chi connectivity index (χ0v) is 14.5. The number of hydrogen-bond acceptors (Lipinski definition) is 4. The Kier molecular flexibility index (Phi) is 5.24. The van der Waals surface area contributed by atoms with Crippen molar-refractivity contribution in [3.8, 4) is 6.07 Å². The van der Waals surface area contributed by atoms with Gasteiger partial charge in [-0.1, -0.05) is 29.8 Å². The van der Waals surface area contributed by atoms with E-state index in [9.17, 15) is 5.26 Å². The van der Waals surface area contributed by atoms with Crippen molar-refractivity contribution in [2.45, 2.75) is 6.54 Å². The zero-order valence-electron chi connectivity index (χ0n) is 13.7. The van der Waals surface area contributed by atoms with E-state index < -0.39 is 0 Å². The Morgan fingerprint density at radius 2 is 1.96 bits per heavy atom. The van der Waals surface area contributed by atoms with Gasteiger partial charge in [0.05, 0.1) is 24.5 Å². The normalized spacial score (nSPS) is 14.3. The van der Waals surface area contributed by atoms with Crippen LogP contribution in [0.15, 0.2) is 42.5 Å². The molecular weight excluding hydrogens is 322 g/mol. The Morgan fingerprint density at radius 1 is 1.21 bits per heavy atom. The SMILES string of the molecule is CN(Cc1ccccc1N1CCOCC1)c1ccc(Cl)cc1C#N. The number of halogens is 1. The summed E-state index contributed by atoms with van der Waals surface area (Å²) in [4.78, 5) is 4.45. The van der Waals surface area contributed by atoms with Crippen molar-refractivity contribution < 1.29 is 4.74 Å². The summed E-state index contributed by atoms with van der Waals surface area (Å²) in [6.07, 6.45) is 0. The highest BCUT2D eigenvalue weighted by atomic mass is 35.5. The van der Waals surface area contributed by atoms with Gasteiger partial charge >= 0.3 is 0 Å². The van der Waals surface area contributed by atoms with E-state index in [2.05, 4.69) is 40.1 Å². The molecule has 0 atom stereocenters. The Balaban J connectivity index is 1.85. The summed E-state index contributed by atoms with van der Waals surface area (Å²) < 4.78 is 5.45. The van der Waals surface area contributed by atoms with Crippen LogP contribution in [-0.4, -0.2) is 33.4 Å². The molecule has 2 aromatic rings. The molecule has 1 saturated heterocycles. The molecule has 1 aliphatic rings. The van der Waals surface area contributed by atoms with Crippen molar-refractivity contribution in [3.63, 3.8) is 0 Å². The number of hydrogen-bond donors (Lipinski definition) is 0. The molecular formula is C19H20ClN3O. The van der Waals surface area contributed by atoms with Gasteiger partial charge in [0.1, 0.15) is 6.07 Å². The van der Waals surface area contributed by atoms with Crippen LogP contribution >= 0.6 is 11.6 Å². The second kappa shape index (κ2) is 7.57. The molecule has 2 aromatic carbocycles. The third-order valence-electron chi connectivity index (χ3n) is 4.24. The van der Waals surface area contributed by atoms with Gasteiger partial charge in [-0.05, 0) is 29.8 Å². The maximum atomic E-state index is 9.36. The molecule has 0 radical (unpaired) electrons. The minimum absolute atomic E-state index is 0.581. The number of nitriles is 1. The van der Waals surface area contributed by atoms with Crippen molar-refractivity contribution >= 4 is 23.0 Å². The lowest BCUT2D eigenvalue weighted by Gasteiger charge is -2.32. The fourth-order valence-electron chi connectivity index (χ4n) is 3.03. The van der Waals surface area contributed by atoms with Crippen molar-refractivity contribution in [3.05, 3.63) is 58.6 Å². The van der Waals surface area contributed by atoms with Gasteiger partial charge in [-0.15, -0.1) is 0 Å². The van der Waals surface area contributed by atoms with Crippen LogP contribution in [0.25, 0.3) is 0 Å². The Bertz CT molecular complexity index is 751. The van der Waals surface area contributed by atoms with Gasteiger partial charge in [-0.25, -0.2) is 0 Å². The first-order valence-corrected chi connectivity index (χ1v) is 8.38. The topological polar surface area (TPSA) is 39.5 Å². The van der Waals surface area contributed by atoms with Gasteiger partial charge in [0.2, 0.25) is 0 Å². The first-order chi connectivity index (χ1) is 11.7. The summed E-state index contributed by atoms with van der Waals surface area (Å²) >= 11 is 6.00. The molecule has 1 aliphatic heterocycles. The number of nitrogens with zero attached hydrogens (tertiary/aromatic N) is 3. The van der Waals surface area contributed by atoms with E-state index >= 15 is 0 Å². The highest BCUT2D eigenvalue weighted by Gasteiger charge is 2.16. The van der Waals surface area contributed by atoms with Gasteiger partial charge in [0.25, 0.3) is 0 Å². The summed E-state index contributed by atoms with van der Waals surface area (Å²) in [5.41, 5.74) is 3.95. The van der Waals surface area contributed by atoms with Gasteiger partial charge in [-0.3, -0.25) is 0 Å². The van der Waals surface area contributed by atoms with Crippen molar-refractivity contribution in [1.29, 1.82) is 5.26 Å². The molecule has 24 heavy (non-hydrogen) atoms. The van der Waals surface area contributed by atoms with Crippen molar-refractivity contribution in [1.82, 2.24) is 0 Å². The van der Waals surface area contributed by atoms with Gasteiger partial charge < -0.3 is 14.5 Å². The van der Waals surface area contributed by atoms with Crippen LogP contribution in [0.1, 0.15) is 11.1 Å². The molecule has 0 unspecified atom stereocenters. The lowest BCUT2D eigenvalue weighted by Crippen LogP contribution is -2.37.